The van der Waals surface area contributed by atoms with E-state index >= 15 is 0 Å². The van der Waals surface area contributed by atoms with E-state index in [9.17, 15) is 9.90 Å². The Morgan fingerprint density at radius 2 is 1.91 bits per heavy atom. The van der Waals surface area contributed by atoms with Gasteiger partial charge in [-0.1, -0.05) is 36.4 Å². The maximum absolute atomic E-state index is 12.8. The molecule has 7 heterocycles. The largest absolute Gasteiger partial charge is 0.506 e. The molecule has 222 valence electrons. The number of hydrogen-bond donors (Lipinski definition) is 2. The van der Waals surface area contributed by atoms with Gasteiger partial charge < -0.3 is 14.8 Å². The van der Waals surface area contributed by atoms with Crippen LogP contribution in [0.25, 0.3) is 21.8 Å². The van der Waals surface area contributed by atoms with Crippen LogP contribution in [0.3, 0.4) is 0 Å². The van der Waals surface area contributed by atoms with Crippen molar-refractivity contribution in [3.8, 4) is 5.75 Å². The highest BCUT2D eigenvalue weighted by Crippen LogP contribution is 2.72. The van der Waals surface area contributed by atoms with Gasteiger partial charge in [-0.2, -0.15) is 0 Å². The number of pyridine rings is 1. The lowest BCUT2D eigenvalue weighted by Crippen LogP contribution is -2.65. The molecule has 3 aromatic rings. The van der Waals surface area contributed by atoms with Crippen LogP contribution in [0.4, 0.5) is 0 Å². The van der Waals surface area contributed by atoms with Crippen LogP contribution in [0.5, 0.6) is 5.75 Å². The molecule has 43 heavy (non-hydrogen) atoms. The Bertz CT molecular complexity index is 1720. The maximum atomic E-state index is 12.8. The molecule has 9 rings (SSSR count). The molecule has 7 atom stereocenters. The smallest absolute Gasteiger partial charge is 0.155 e. The molecule has 1 aliphatic carbocycles. The van der Waals surface area contributed by atoms with Crippen LogP contribution in [-0.2, 0) is 9.53 Å². The van der Waals surface area contributed by atoms with Gasteiger partial charge in [0.25, 0.3) is 0 Å². The molecular weight excluding hydrogens is 536 g/mol. The number of ether oxygens (including phenoxy) is 1. The number of carbonyl (C=O) groups excluding carboxylic acids is 1. The molecule has 1 aromatic carbocycles. The first-order valence-electron chi connectivity index (χ1n) is 16.4. The Balaban J connectivity index is 1.32. The van der Waals surface area contributed by atoms with Crippen molar-refractivity contribution in [3.05, 3.63) is 72.6 Å². The molecule has 2 aromatic heterocycles. The lowest BCUT2D eigenvalue weighted by atomic mass is 9.52. The molecule has 6 aliphatic rings. The summed E-state index contributed by atoms with van der Waals surface area (Å²) in [6.07, 6.45) is 24.4. The molecule has 0 amide bonds. The Morgan fingerprint density at radius 3 is 2.86 bits per heavy atom. The Labute approximate surface area is 252 Å². The molecular formula is C36H40N4O3. The molecule has 3 saturated heterocycles. The Morgan fingerprint density at radius 1 is 1.00 bits per heavy atom. The van der Waals surface area contributed by atoms with Crippen LogP contribution in [0.15, 0.2) is 66.9 Å². The van der Waals surface area contributed by atoms with E-state index in [2.05, 4.69) is 57.3 Å². The van der Waals surface area contributed by atoms with E-state index in [1.807, 2.05) is 18.3 Å². The normalized spacial score (nSPS) is 40.4. The summed E-state index contributed by atoms with van der Waals surface area (Å²) >= 11 is 0. The van der Waals surface area contributed by atoms with Gasteiger partial charge in [-0.25, -0.2) is 0 Å². The average Bonchev–Trinajstić information content (AvgIpc) is 3.60. The SMILES string of the molecule is O=C1/C=C\[C@@]23C[C@@]45C6C=C[C@](CC/C=C\CCCCN(CC6)C4c4nccc6c4[nH]c4c(O)cccc46)(O2)[C@@H]5N3CCC1. The highest BCUT2D eigenvalue weighted by Gasteiger charge is 2.78. The summed E-state index contributed by atoms with van der Waals surface area (Å²) in [5.41, 5.74) is 1.75. The van der Waals surface area contributed by atoms with Gasteiger partial charge in [-0.05, 0) is 88.2 Å². The summed E-state index contributed by atoms with van der Waals surface area (Å²) in [6, 6.07) is 8.12. The monoisotopic (exact) mass is 576 g/mol. The molecule has 5 bridgehead atoms. The van der Waals surface area contributed by atoms with Crippen molar-refractivity contribution in [3.63, 3.8) is 0 Å². The summed E-state index contributed by atoms with van der Waals surface area (Å²) in [6.45, 7) is 2.93. The fourth-order valence-corrected chi connectivity index (χ4v) is 10.2. The first-order valence-corrected chi connectivity index (χ1v) is 16.4. The van der Waals surface area contributed by atoms with Gasteiger partial charge in [0, 0.05) is 41.8 Å². The van der Waals surface area contributed by atoms with E-state index in [4.69, 9.17) is 9.72 Å². The lowest BCUT2D eigenvalue weighted by molar-refractivity contribution is -0.174. The third kappa shape index (κ3) is 3.53. The van der Waals surface area contributed by atoms with Crippen molar-refractivity contribution in [2.24, 2.45) is 11.3 Å². The van der Waals surface area contributed by atoms with Crippen molar-refractivity contribution in [1.82, 2.24) is 19.8 Å². The minimum absolute atomic E-state index is 0.0753. The van der Waals surface area contributed by atoms with E-state index in [0.29, 0.717) is 12.3 Å². The number of nitrogens with zero attached hydrogens (tertiary/aromatic N) is 3. The summed E-state index contributed by atoms with van der Waals surface area (Å²) in [5.74, 6) is 0.866. The van der Waals surface area contributed by atoms with Gasteiger partial charge in [0.1, 0.15) is 17.1 Å². The van der Waals surface area contributed by atoms with Crippen LogP contribution < -0.4 is 0 Å². The molecule has 7 heteroatoms. The number of aromatic nitrogens is 2. The zero-order valence-electron chi connectivity index (χ0n) is 24.7. The van der Waals surface area contributed by atoms with Gasteiger partial charge >= 0.3 is 0 Å². The van der Waals surface area contributed by atoms with Gasteiger partial charge in [-0.15, -0.1) is 0 Å². The third-order valence-corrected chi connectivity index (χ3v) is 11.7. The van der Waals surface area contributed by atoms with Crippen LogP contribution in [-0.4, -0.2) is 67.7 Å². The number of aromatic hydroxyl groups is 1. The van der Waals surface area contributed by atoms with E-state index in [1.165, 1.54) is 6.42 Å². The minimum Gasteiger partial charge on any atom is -0.506 e. The molecule has 0 saturated carbocycles. The predicted octanol–water partition coefficient (Wildman–Crippen LogP) is 6.32. The van der Waals surface area contributed by atoms with Crippen molar-refractivity contribution in [2.75, 3.05) is 19.6 Å². The zero-order valence-corrected chi connectivity index (χ0v) is 24.7. The summed E-state index contributed by atoms with van der Waals surface area (Å²) in [5, 5.41) is 13.0. The summed E-state index contributed by atoms with van der Waals surface area (Å²) in [7, 11) is 0. The number of phenols is 1. The number of para-hydroxylation sites is 1. The van der Waals surface area contributed by atoms with E-state index in [1.54, 1.807) is 6.07 Å². The number of rotatable bonds is 1. The van der Waals surface area contributed by atoms with Crippen molar-refractivity contribution in [2.45, 2.75) is 81.2 Å². The molecule has 1 spiro atoms. The second kappa shape index (κ2) is 9.37. The number of carbonyl (C=O) groups is 1. The van der Waals surface area contributed by atoms with E-state index in [-0.39, 0.29) is 29.0 Å². The maximum Gasteiger partial charge on any atom is 0.155 e. The number of benzene rings is 1. The van der Waals surface area contributed by atoms with Crippen LogP contribution >= 0.6 is 0 Å². The van der Waals surface area contributed by atoms with Gasteiger partial charge in [0.2, 0.25) is 0 Å². The first kappa shape index (κ1) is 26.2. The van der Waals surface area contributed by atoms with Crippen LogP contribution in [0.1, 0.15) is 69.5 Å². The van der Waals surface area contributed by atoms with Crippen LogP contribution in [0, 0.1) is 11.3 Å². The second-order valence-electron chi connectivity index (χ2n) is 13.8. The highest BCUT2D eigenvalue weighted by atomic mass is 16.6. The van der Waals surface area contributed by atoms with E-state index < -0.39 is 11.3 Å². The number of H-pyrrole nitrogens is 1. The number of phenolic OH excluding ortho intramolecular Hbond substituents is 1. The molecule has 5 aliphatic heterocycles. The Kier molecular flexibility index (Phi) is 5.70. The molecule has 7 nitrogen and oxygen atoms in total. The zero-order chi connectivity index (χ0) is 28.8. The molecule has 3 unspecified atom stereocenters. The van der Waals surface area contributed by atoms with Crippen molar-refractivity contribution < 1.29 is 14.6 Å². The average molecular weight is 577 g/mol. The first-order chi connectivity index (χ1) is 21.0. The minimum atomic E-state index is -0.596. The number of aromatic amines is 1. The summed E-state index contributed by atoms with van der Waals surface area (Å²) < 4.78 is 7.32. The number of piperidine rings is 1. The molecule has 3 fully saturated rings. The van der Waals surface area contributed by atoms with Crippen molar-refractivity contribution >= 4 is 27.6 Å². The quantitative estimate of drug-likeness (QED) is 0.330. The molecule has 2 N–H and O–H groups in total. The van der Waals surface area contributed by atoms with Crippen molar-refractivity contribution in [1.29, 1.82) is 0 Å². The van der Waals surface area contributed by atoms with Gasteiger partial charge in [-0.3, -0.25) is 19.6 Å². The number of fused-ring (bicyclic) bond motifs is 4. The molecule has 0 radical (unpaired) electrons. The summed E-state index contributed by atoms with van der Waals surface area (Å²) in [4.78, 5) is 27.1. The fourth-order valence-electron chi connectivity index (χ4n) is 10.2. The number of nitrogens with one attached hydrogen (secondary N) is 1. The number of ketones is 1. The lowest BCUT2D eigenvalue weighted by Gasteiger charge is -2.61. The number of hydrogen-bond acceptors (Lipinski definition) is 6. The third-order valence-electron chi connectivity index (χ3n) is 11.7. The topological polar surface area (TPSA) is 81.7 Å². The number of allylic oxidation sites excluding steroid dienone is 4. The highest BCUT2D eigenvalue weighted by molar-refractivity contribution is 6.09. The van der Waals surface area contributed by atoms with E-state index in [0.717, 1.165) is 92.1 Å². The fraction of sp³-hybridized carbons (Fsp3) is 0.500. The van der Waals surface area contributed by atoms with Crippen LogP contribution in [0.2, 0.25) is 0 Å². The second-order valence-corrected chi connectivity index (χ2v) is 13.8. The predicted molar refractivity (Wildman–Crippen MR) is 167 cm³/mol. The Hall–Kier alpha value is -3.26. The van der Waals surface area contributed by atoms with Gasteiger partial charge in [0.05, 0.1) is 28.8 Å². The standard InChI is InChI=1S/C36H40N4O3/c41-25-9-8-21-40-33-34-16-5-3-1-2-4-6-20-39-22-15-24(12-17-34)36(33,23-35(40,43-34)18-13-25)32(39)31-30-27(14-19-37-31)26-10-7-11-28(42)29(26)38-30/h1,3,7,10-14,17-19,24,32-33,38,42H,2,4-6,8-9,15-16,20-23H2/b3-1-,18-13-/t24?,32?,33-,34-,35-,36+/m0/s1. The van der Waals surface area contributed by atoms with Gasteiger partial charge in [0.15, 0.2) is 5.78 Å².